The second-order valence-electron chi connectivity index (χ2n) is 5.97. The standard InChI is InChI=1S/C18H17F5N2O.2ClH/c19-13-3-6-15(16(20)11-13)17(25-9-7-24-8-10-25)12-1-4-14(5-2-12)26-18(21,22)23;;/h1-6,11,17,24H,7-10H2;2*1H/t17-;;/m1../s1. The highest BCUT2D eigenvalue weighted by Crippen LogP contribution is 2.33. The van der Waals surface area contributed by atoms with Crippen molar-refractivity contribution in [2.75, 3.05) is 26.2 Å². The summed E-state index contributed by atoms with van der Waals surface area (Å²) >= 11 is 0. The van der Waals surface area contributed by atoms with E-state index in [1.54, 1.807) is 0 Å². The Hall–Kier alpha value is -1.61. The number of benzene rings is 2. The average molecular weight is 445 g/mol. The minimum absolute atomic E-state index is 0. The molecule has 0 bridgehead atoms. The van der Waals surface area contributed by atoms with E-state index < -0.39 is 24.0 Å². The number of nitrogens with one attached hydrogen (secondary N) is 1. The molecule has 156 valence electrons. The Kier molecular flexibility index (Phi) is 8.94. The van der Waals surface area contributed by atoms with Crippen LogP contribution in [-0.4, -0.2) is 37.4 Å². The number of piperazine rings is 1. The van der Waals surface area contributed by atoms with Crippen molar-refractivity contribution in [2.24, 2.45) is 0 Å². The van der Waals surface area contributed by atoms with Crippen LogP contribution in [0.4, 0.5) is 22.0 Å². The zero-order valence-electron chi connectivity index (χ0n) is 14.5. The zero-order chi connectivity index (χ0) is 18.7. The molecule has 3 rings (SSSR count). The first-order valence-corrected chi connectivity index (χ1v) is 8.09. The molecule has 1 N–H and O–H groups in total. The molecular weight excluding hydrogens is 426 g/mol. The predicted octanol–water partition coefficient (Wildman–Crippen LogP) is 4.70. The molecule has 28 heavy (non-hydrogen) atoms. The molecule has 1 saturated heterocycles. The Labute approximate surface area is 171 Å². The highest BCUT2D eigenvalue weighted by atomic mass is 35.5. The number of hydrogen-bond donors (Lipinski definition) is 1. The SMILES string of the molecule is Cl.Cl.Fc1ccc([C@@H](c2ccc(OC(F)(F)F)cc2)N2CCNCC2)c(F)c1. The van der Waals surface area contributed by atoms with Gasteiger partial charge in [-0.15, -0.1) is 38.0 Å². The fourth-order valence-corrected chi connectivity index (χ4v) is 3.10. The number of halogens is 7. The van der Waals surface area contributed by atoms with Gasteiger partial charge in [0.15, 0.2) is 0 Å². The first-order chi connectivity index (χ1) is 12.3. The van der Waals surface area contributed by atoms with Gasteiger partial charge in [-0.2, -0.15) is 0 Å². The second-order valence-corrected chi connectivity index (χ2v) is 5.97. The number of nitrogens with zero attached hydrogens (tertiary/aromatic N) is 1. The molecule has 1 heterocycles. The summed E-state index contributed by atoms with van der Waals surface area (Å²) in [6.07, 6.45) is -4.78. The van der Waals surface area contributed by atoms with Gasteiger partial charge >= 0.3 is 6.36 Å². The molecule has 1 aliphatic rings. The molecule has 1 aliphatic heterocycles. The van der Waals surface area contributed by atoms with Crippen molar-refractivity contribution in [3.05, 3.63) is 65.2 Å². The van der Waals surface area contributed by atoms with Gasteiger partial charge in [0.25, 0.3) is 0 Å². The van der Waals surface area contributed by atoms with Crippen LogP contribution in [0.25, 0.3) is 0 Å². The van der Waals surface area contributed by atoms with Crippen LogP contribution in [0.3, 0.4) is 0 Å². The maximum atomic E-state index is 14.4. The predicted molar refractivity (Wildman–Crippen MR) is 100 cm³/mol. The highest BCUT2D eigenvalue weighted by molar-refractivity contribution is 5.85. The summed E-state index contributed by atoms with van der Waals surface area (Å²) in [6.45, 7) is 2.66. The summed E-state index contributed by atoms with van der Waals surface area (Å²) in [4.78, 5) is 2.01. The minimum Gasteiger partial charge on any atom is -0.406 e. The van der Waals surface area contributed by atoms with E-state index in [1.807, 2.05) is 4.90 Å². The van der Waals surface area contributed by atoms with Gasteiger partial charge in [-0.05, 0) is 23.8 Å². The Balaban J connectivity index is 0.00000196. The quantitative estimate of drug-likeness (QED) is 0.691. The lowest BCUT2D eigenvalue weighted by atomic mass is 9.95. The maximum absolute atomic E-state index is 14.4. The van der Waals surface area contributed by atoms with Gasteiger partial charge < -0.3 is 10.1 Å². The van der Waals surface area contributed by atoms with Crippen molar-refractivity contribution in [1.82, 2.24) is 10.2 Å². The Morgan fingerprint density at radius 3 is 2.07 bits per heavy atom. The lowest BCUT2D eigenvalue weighted by molar-refractivity contribution is -0.274. The minimum atomic E-state index is -4.78. The second kappa shape index (κ2) is 10.2. The zero-order valence-corrected chi connectivity index (χ0v) is 16.1. The molecule has 10 heteroatoms. The van der Waals surface area contributed by atoms with Gasteiger partial charge in [-0.1, -0.05) is 18.2 Å². The van der Waals surface area contributed by atoms with Crippen LogP contribution in [0.5, 0.6) is 5.75 Å². The van der Waals surface area contributed by atoms with Gasteiger partial charge in [0, 0.05) is 37.8 Å². The number of hydrogen-bond acceptors (Lipinski definition) is 3. The van der Waals surface area contributed by atoms with E-state index in [1.165, 1.54) is 36.4 Å². The average Bonchev–Trinajstić information content (AvgIpc) is 2.58. The summed E-state index contributed by atoms with van der Waals surface area (Å²) < 4.78 is 68.5. The molecule has 0 unspecified atom stereocenters. The fraction of sp³-hybridized carbons (Fsp3) is 0.333. The molecule has 2 aromatic rings. The molecule has 0 radical (unpaired) electrons. The molecule has 0 aromatic heterocycles. The number of alkyl halides is 3. The van der Waals surface area contributed by atoms with E-state index >= 15 is 0 Å². The number of ether oxygens (including phenoxy) is 1. The molecular formula is C18H19Cl2F5N2O. The van der Waals surface area contributed by atoms with E-state index in [0.29, 0.717) is 31.7 Å². The normalized spacial score (nSPS) is 15.9. The van der Waals surface area contributed by atoms with E-state index in [2.05, 4.69) is 10.1 Å². The van der Waals surface area contributed by atoms with Crippen LogP contribution in [0.1, 0.15) is 17.2 Å². The third-order valence-corrected chi connectivity index (χ3v) is 4.20. The van der Waals surface area contributed by atoms with Gasteiger partial charge in [0.2, 0.25) is 0 Å². The van der Waals surface area contributed by atoms with Gasteiger partial charge in [-0.3, -0.25) is 4.90 Å². The largest absolute Gasteiger partial charge is 0.573 e. The molecule has 1 fully saturated rings. The molecule has 0 amide bonds. The maximum Gasteiger partial charge on any atom is 0.573 e. The first-order valence-electron chi connectivity index (χ1n) is 8.09. The Morgan fingerprint density at radius 1 is 0.929 bits per heavy atom. The van der Waals surface area contributed by atoms with E-state index in [0.717, 1.165) is 6.07 Å². The molecule has 2 aromatic carbocycles. The van der Waals surface area contributed by atoms with Crippen molar-refractivity contribution in [2.45, 2.75) is 12.4 Å². The van der Waals surface area contributed by atoms with Crippen LogP contribution in [0.2, 0.25) is 0 Å². The number of rotatable bonds is 4. The Morgan fingerprint density at radius 2 is 1.54 bits per heavy atom. The molecule has 0 aliphatic carbocycles. The van der Waals surface area contributed by atoms with Crippen LogP contribution in [0, 0.1) is 11.6 Å². The topological polar surface area (TPSA) is 24.5 Å². The van der Waals surface area contributed by atoms with Gasteiger partial charge in [0.05, 0.1) is 6.04 Å². The molecule has 0 spiro atoms. The highest BCUT2D eigenvalue weighted by Gasteiger charge is 2.31. The first kappa shape index (κ1) is 24.4. The van der Waals surface area contributed by atoms with Crippen LogP contribution in [-0.2, 0) is 0 Å². The van der Waals surface area contributed by atoms with E-state index in [-0.39, 0.29) is 36.1 Å². The summed E-state index contributed by atoms with van der Waals surface area (Å²) in [5, 5.41) is 3.19. The fourth-order valence-electron chi connectivity index (χ4n) is 3.10. The van der Waals surface area contributed by atoms with Crippen molar-refractivity contribution in [3.8, 4) is 5.75 Å². The monoisotopic (exact) mass is 444 g/mol. The molecule has 1 atom stereocenters. The van der Waals surface area contributed by atoms with Crippen molar-refractivity contribution < 1.29 is 26.7 Å². The molecule has 3 nitrogen and oxygen atoms in total. The third kappa shape index (κ3) is 6.20. The summed E-state index contributed by atoms with van der Waals surface area (Å²) in [7, 11) is 0. The molecule has 0 saturated carbocycles. The smallest absolute Gasteiger partial charge is 0.406 e. The van der Waals surface area contributed by atoms with Crippen LogP contribution in [0.15, 0.2) is 42.5 Å². The summed E-state index contributed by atoms with van der Waals surface area (Å²) in [6, 6.07) is 8.15. The van der Waals surface area contributed by atoms with Crippen LogP contribution < -0.4 is 10.1 Å². The van der Waals surface area contributed by atoms with Crippen molar-refractivity contribution >= 4 is 24.8 Å². The van der Waals surface area contributed by atoms with Gasteiger partial charge in [-0.25, -0.2) is 8.78 Å². The van der Waals surface area contributed by atoms with Crippen LogP contribution >= 0.6 is 24.8 Å². The summed E-state index contributed by atoms with van der Waals surface area (Å²) in [5.41, 5.74) is 0.879. The van der Waals surface area contributed by atoms with Crippen molar-refractivity contribution in [3.63, 3.8) is 0 Å². The Bertz CT molecular complexity index is 753. The van der Waals surface area contributed by atoms with Gasteiger partial charge in [0.1, 0.15) is 17.4 Å². The summed E-state index contributed by atoms with van der Waals surface area (Å²) in [5.74, 6) is -1.72. The van der Waals surface area contributed by atoms with E-state index in [9.17, 15) is 22.0 Å². The van der Waals surface area contributed by atoms with Crippen molar-refractivity contribution in [1.29, 1.82) is 0 Å². The third-order valence-electron chi connectivity index (χ3n) is 4.20. The lowest BCUT2D eigenvalue weighted by Crippen LogP contribution is -2.45. The lowest BCUT2D eigenvalue weighted by Gasteiger charge is -2.35. The van der Waals surface area contributed by atoms with E-state index in [4.69, 9.17) is 0 Å².